The van der Waals surface area contributed by atoms with Crippen LogP contribution in [0.25, 0.3) is 0 Å². The maximum atomic E-state index is 6.25. The first-order chi connectivity index (χ1) is 12.4. The molecule has 1 aromatic carbocycles. The molecule has 0 saturated carbocycles. The average molecular weight is 408 g/mol. The topological polar surface area (TPSA) is 55.4 Å². The number of hydrogen-bond acceptors (Lipinski definition) is 5. The molecule has 3 rings (SSSR count). The molecule has 138 valence electrons. The Bertz CT molecular complexity index is 803. The van der Waals surface area contributed by atoms with E-state index >= 15 is 0 Å². The van der Waals surface area contributed by atoms with E-state index in [2.05, 4.69) is 41.4 Å². The van der Waals surface area contributed by atoms with Crippen LogP contribution < -0.4 is 10.4 Å². The van der Waals surface area contributed by atoms with Gasteiger partial charge in [0.15, 0.2) is 5.11 Å². The Balaban J connectivity index is 1.65. The van der Waals surface area contributed by atoms with E-state index in [0.717, 1.165) is 11.1 Å². The first-order valence-corrected chi connectivity index (χ1v) is 11.4. The molecule has 0 aliphatic carbocycles. The summed E-state index contributed by atoms with van der Waals surface area (Å²) in [6, 6.07) is 14.0. The first-order valence-electron chi connectivity index (χ1n) is 8.31. The SMILES string of the molecule is CC1(C)CO[P@](=S)(NC(=S)NCc2cccnc2)O[C@H]1c1ccccc1. The van der Waals surface area contributed by atoms with Gasteiger partial charge in [0.25, 0.3) is 6.64 Å². The van der Waals surface area contributed by atoms with Crippen LogP contribution in [0.5, 0.6) is 0 Å². The van der Waals surface area contributed by atoms with Gasteiger partial charge in [-0.2, -0.15) is 0 Å². The van der Waals surface area contributed by atoms with Crippen molar-refractivity contribution in [2.24, 2.45) is 5.41 Å². The number of aromatic nitrogens is 1. The zero-order chi connectivity index (χ0) is 18.6. The summed E-state index contributed by atoms with van der Waals surface area (Å²) in [5.74, 6) is 0. The third-order valence-corrected chi connectivity index (χ3v) is 6.78. The molecule has 1 aliphatic heterocycles. The summed E-state index contributed by atoms with van der Waals surface area (Å²) in [7, 11) is 0. The van der Waals surface area contributed by atoms with Crippen LogP contribution in [0, 0.1) is 5.41 Å². The van der Waals surface area contributed by atoms with Crippen LogP contribution in [-0.4, -0.2) is 16.7 Å². The van der Waals surface area contributed by atoms with Gasteiger partial charge < -0.3 is 14.4 Å². The van der Waals surface area contributed by atoms with Gasteiger partial charge >= 0.3 is 0 Å². The Kier molecular flexibility index (Phi) is 6.05. The molecular weight excluding hydrogens is 385 g/mol. The van der Waals surface area contributed by atoms with E-state index in [1.54, 1.807) is 12.4 Å². The molecule has 0 spiro atoms. The second kappa shape index (κ2) is 8.11. The molecule has 26 heavy (non-hydrogen) atoms. The second-order valence-corrected chi connectivity index (χ2v) is 10.3. The van der Waals surface area contributed by atoms with Gasteiger partial charge in [-0.25, -0.2) is 0 Å². The predicted octanol–water partition coefficient (Wildman–Crippen LogP) is 4.08. The molecule has 5 nitrogen and oxygen atoms in total. The van der Waals surface area contributed by atoms with Crippen LogP contribution >= 0.6 is 18.9 Å². The minimum absolute atomic E-state index is 0.156. The highest BCUT2D eigenvalue weighted by Crippen LogP contribution is 2.58. The van der Waals surface area contributed by atoms with E-state index in [1.165, 1.54) is 0 Å². The van der Waals surface area contributed by atoms with Crippen molar-refractivity contribution in [3.8, 4) is 0 Å². The lowest BCUT2D eigenvalue weighted by Gasteiger charge is -2.43. The molecule has 0 unspecified atom stereocenters. The molecule has 1 fully saturated rings. The number of nitrogens with one attached hydrogen (secondary N) is 2. The third-order valence-electron chi connectivity index (χ3n) is 4.08. The third kappa shape index (κ3) is 4.87. The summed E-state index contributed by atoms with van der Waals surface area (Å²) in [6.45, 7) is 2.56. The normalized spacial score (nSPS) is 24.6. The number of pyridine rings is 1. The highest BCUT2D eigenvalue weighted by Gasteiger charge is 2.43. The van der Waals surface area contributed by atoms with Gasteiger partial charge in [0, 0.05) is 24.4 Å². The summed E-state index contributed by atoms with van der Waals surface area (Å²) < 4.78 is 12.2. The summed E-state index contributed by atoms with van der Waals surface area (Å²) >= 11 is 11.0. The van der Waals surface area contributed by atoms with Crippen molar-refractivity contribution in [2.45, 2.75) is 26.5 Å². The monoisotopic (exact) mass is 407 g/mol. The van der Waals surface area contributed by atoms with Crippen LogP contribution in [0.2, 0.25) is 0 Å². The van der Waals surface area contributed by atoms with Gasteiger partial charge in [-0.15, -0.1) is 0 Å². The fourth-order valence-corrected chi connectivity index (χ4v) is 5.68. The number of thiocarbonyl (C=S) groups is 1. The van der Waals surface area contributed by atoms with Crippen molar-refractivity contribution < 1.29 is 9.05 Å². The first kappa shape index (κ1) is 19.4. The highest BCUT2D eigenvalue weighted by atomic mass is 32.5. The molecule has 8 heteroatoms. The number of hydrogen-bond donors (Lipinski definition) is 2. The Morgan fingerprint density at radius 2 is 2.04 bits per heavy atom. The van der Waals surface area contributed by atoms with Gasteiger partial charge in [-0.1, -0.05) is 50.2 Å². The average Bonchev–Trinajstić information content (AvgIpc) is 2.64. The summed E-state index contributed by atoms with van der Waals surface area (Å²) in [6.07, 6.45) is 3.37. The summed E-state index contributed by atoms with van der Waals surface area (Å²) in [5.41, 5.74) is 1.93. The van der Waals surface area contributed by atoms with Gasteiger partial charge in [0.2, 0.25) is 0 Å². The molecular formula is C18H22N3O2PS2. The van der Waals surface area contributed by atoms with E-state index in [0.29, 0.717) is 18.3 Å². The van der Waals surface area contributed by atoms with Crippen molar-refractivity contribution in [2.75, 3.05) is 6.61 Å². The van der Waals surface area contributed by atoms with Crippen molar-refractivity contribution in [1.29, 1.82) is 0 Å². The standard InChI is InChI=1S/C18H22N3O2PS2/c1-18(2)13-22-24(26,23-16(18)15-8-4-3-5-9-15)21-17(25)20-12-14-7-6-10-19-11-14/h3-11,16H,12-13H2,1-2H3,(H2,20,21,25,26)/t16-,24+/m0/s1. The molecule has 1 aliphatic rings. The zero-order valence-electron chi connectivity index (χ0n) is 14.7. The van der Waals surface area contributed by atoms with E-state index in [-0.39, 0.29) is 11.5 Å². The zero-order valence-corrected chi connectivity index (χ0v) is 17.2. The fourth-order valence-electron chi connectivity index (χ4n) is 2.69. The van der Waals surface area contributed by atoms with Gasteiger partial charge in [0.05, 0.1) is 12.7 Å². The van der Waals surface area contributed by atoms with Crippen LogP contribution in [0.4, 0.5) is 0 Å². The highest BCUT2D eigenvalue weighted by molar-refractivity contribution is 8.09. The molecule has 0 bridgehead atoms. The Labute approximate surface area is 164 Å². The number of benzene rings is 1. The smallest absolute Gasteiger partial charge is 0.289 e. The van der Waals surface area contributed by atoms with Gasteiger partial charge in [-0.05, 0) is 41.2 Å². The molecule has 1 aromatic heterocycles. The Morgan fingerprint density at radius 3 is 2.73 bits per heavy atom. The lowest BCUT2D eigenvalue weighted by Crippen LogP contribution is -2.40. The Morgan fingerprint density at radius 1 is 1.27 bits per heavy atom. The van der Waals surface area contributed by atoms with Crippen molar-refractivity contribution in [1.82, 2.24) is 15.4 Å². The molecule has 2 heterocycles. The van der Waals surface area contributed by atoms with Gasteiger partial charge in [-0.3, -0.25) is 10.1 Å². The van der Waals surface area contributed by atoms with Crippen LogP contribution in [0.3, 0.4) is 0 Å². The van der Waals surface area contributed by atoms with E-state index in [9.17, 15) is 0 Å². The van der Waals surface area contributed by atoms with Gasteiger partial charge in [0.1, 0.15) is 0 Å². The fraction of sp³-hybridized carbons (Fsp3) is 0.333. The second-order valence-electron chi connectivity index (χ2n) is 6.81. The Hall–Kier alpha value is -1.37. The van der Waals surface area contributed by atoms with E-state index in [4.69, 9.17) is 33.1 Å². The van der Waals surface area contributed by atoms with Crippen molar-refractivity contribution >= 4 is 35.8 Å². The number of rotatable bonds is 4. The molecule has 0 amide bonds. The van der Waals surface area contributed by atoms with Crippen LogP contribution in [0.1, 0.15) is 31.1 Å². The lowest BCUT2D eigenvalue weighted by molar-refractivity contribution is -0.0137. The van der Waals surface area contributed by atoms with Crippen molar-refractivity contribution in [3.05, 3.63) is 66.0 Å². The van der Waals surface area contributed by atoms with Crippen LogP contribution in [-0.2, 0) is 27.4 Å². The molecule has 0 radical (unpaired) electrons. The molecule has 2 N–H and O–H groups in total. The minimum atomic E-state index is -2.73. The lowest BCUT2D eigenvalue weighted by atomic mass is 9.83. The minimum Gasteiger partial charge on any atom is -0.358 e. The molecule has 2 atom stereocenters. The largest absolute Gasteiger partial charge is 0.358 e. The van der Waals surface area contributed by atoms with E-state index < -0.39 is 6.64 Å². The molecule has 2 aromatic rings. The quantitative estimate of drug-likeness (QED) is 0.585. The summed E-state index contributed by atoms with van der Waals surface area (Å²) in [5, 5.41) is 6.63. The molecule has 1 saturated heterocycles. The summed E-state index contributed by atoms with van der Waals surface area (Å²) in [4.78, 5) is 4.08. The predicted molar refractivity (Wildman–Crippen MR) is 111 cm³/mol. The van der Waals surface area contributed by atoms with E-state index in [1.807, 2.05) is 30.3 Å². The van der Waals surface area contributed by atoms with Crippen LogP contribution in [0.15, 0.2) is 54.9 Å². The number of nitrogens with zero attached hydrogens (tertiary/aromatic N) is 1. The maximum absolute atomic E-state index is 6.25. The van der Waals surface area contributed by atoms with Crippen molar-refractivity contribution in [3.63, 3.8) is 0 Å². The maximum Gasteiger partial charge on any atom is 0.289 e.